The van der Waals surface area contributed by atoms with Crippen molar-refractivity contribution in [2.75, 3.05) is 61.0 Å². The molecule has 24 heteroatoms. The van der Waals surface area contributed by atoms with E-state index in [1.54, 1.807) is 81.1 Å². The fourth-order valence-electron chi connectivity index (χ4n) is 10.1. The molecule has 2 aromatic heterocycles. The quantitative estimate of drug-likeness (QED) is 0.0680. The van der Waals surface area contributed by atoms with Gasteiger partial charge in [0.05, 0.1) is 55.4 Å². The van der Waals surface area contributed by atoms with E-state index in [2.05, 4.69) is 53.4 Å². The number of nitrogens with zero attached hydrogens (tertiary/aromatic N) is 5. The minimum Gasteiger partial charge on any atom is -0.453 e. The Morgan fingerprint density at radius 1 is 0.630 bits per heavy atom. The number of amides is 1. The van der Waals surface area contributed by atoms with Crippen LogP contribution in [0, 0.1) is 13.8 Å². The molecule has 4 aromatic carbocycles. The summed E-state index contributed by atoms with van der Waals surface area (Å²) in [5.74, 6) is 4.27. The van der Waals surface area contributed by atoms with Gasteiger partial charge >= 0.3 is 6.09 Å². The molecule has 20 nitrogen and oxygen atoms in total. The summed E-state index contributed by atoms with van der Waals surface area (Å²) >= 11 is 12.8. The minimum atomic E-state index is -3.56. The number of carbonyl (C=O) groups excluding carboxylic acids is 1. The first-order valence-electron chi connectivity index (χ1n) is 26.8. The number of ether oxygens (including phenoxy) is 5. The standard InChI is InChI=1S/C31H38ClN5O6S.C26H30ClN5O4S/c1-18(2)44(39,40)24-10-8-7-9-22(24)34-28-21(32)16-33-29(36-28)35-23-15-19(3)25(27-26(23)41-17-42-27)20-11-13-37(14-12-20)30(38)43-31(4,5)6;1-15(2)37(33,34)21-7-5-4-6-19(21)30-25-18(27)13-29-26(32-25)31-20-12-16(3)22(17-8-10-28-11-9-17)24-23(20)35-14-36-24/h7-10,15-16,18,20H,11-14,17H2,1-6H3,(H2,33,34,35,36);4-7,12-13,15,17,28H,8-11,14H2,1-3H3,(H2,29,30,31,32). The lowest BCUT2D eigenvalue weighted by molar-refractivity contribution is 0.0204. The van der Waals surface area contributed by atoms with Crippen molar-refractivity contribution in [3.8, 4) is 23.0 Å². The van der Waals surface area contributed by atoms with Crippen LogP contribution in [0.4, 0.5) is 51.1 Å². The number of rotatable bonds is 14. The van der Waals surface area contributed by atoms with Gasteiger partial charge in [0.1, 0.15) is 15.6 Å². The molecule has 6 aromatic rings. The predicted molar refractivity (Wildman–Crippen MR) is 314 cm³/mol. The number of likely N-dealkylation sites (tertiary alicyclic amines) is 1. The Bertz CT molecular complexity index is 3550. The van der Waals surface area contributed by atoms with Gasteiger partial charge in [-0.3, -0.25) is 0 Å². The minimum absolute atomic E-state index is 0.0760. The van der Waals surface area contributed by atoms with Crippen molar-refractivity contribution in [3.05, 3.63) is 105 Å². The molecular formula is C57H68Cl2N10O10S2. The molecule has 2 fully saturated rings. The molecule has 0 radical (unpaired) electrons. The SMILES string of the molecule is Cc1cc(Nc2ncc(Cl)c(Nc3ccccc3S(=O)(=O)C(C)C)n2)c2c(c1C1CCN(C(=O)OC(C)(C)C)CC1)OCO2.Cc1cc(Nc2ncc(Cl)c(Nc3ccccc3S(=O)(=O)C(C)C)n2)c2c(c1C1CCNCC1)OCO2. The first-order valence-corrected chi connectivity index (χ1v) is 30.7. The third-order valence-electron chi connectivity index (χ3n) is 14.2. The van der Waals surface area contributed by atoms with Gasteiger partial charge in [-0.25, -0.2) is 31.6 Å². The zero-order chi connectivity index (χ0) is 58.0. The number of aryl methyl sites for hydroxylation is 2. The largest absolute Gasteiger partial charge is 0.453 e. The second-order valence-electron chi connectivity index (χ2n) is 21.7. The lowest BCUT2D eigenvalue weighted by Crippen LogP contribution is -2.41. The molecular weight excluding hydrogens is 1120 g/mol. The van der Waals surface area contributed by atoms with Crippen LogP contribution in [0.1, 0.15) is 108 Å². The van der Waals surface area contributed by atoms with E-state index >= 15 is 0 Å². The van der Waals surface area contributed by atoms with Gasteiger partial charge in [0.2, 0.25) is 25.5 Å². The lowest BCUT2D eigenvalue weighted by Gasteiger charge is -2.34. The van der Waals surface area contributed by atoms with E-state index in [1.807, 2.05) is 39.8 Å². The van der Waals surface area contributed by atoms with Gasteiger partial charge in [-0.1, -0.05) is 47.5 Å². The molecule has 2 saturated heterocycles. The number of benzene rings is 4. The van der Waals surface area contributed by atoms with E-state index in [9.17, 15) is 21.6 Å². The van der Waals surface area contributed by atoms with Gasteiger partial charge in [0, 0.05) is 24.2 Å². The predicted octanol–water partition coefficient (Wildman–Crippen LogP) is 12.3. The second kappa shape index (κ2) is 24.3. The summed E-state index contributed by atoms with van der Waals surface area (Å²) in [6.45, 7) is 19.6. The highest BCUT2D eigenvalue weighted by molar-refractivity contribution is 7.92. The van der Waals surface area contributed by atoms with Gasteiger partial charge in [-0.15, -0.1) is 0 Å². The topological polar surface area (TPSA) is 246 Å². The van der Waals surface area contributed by atoms with E-state index in [4.69, 9.17) is 46.9 Å². The molecule has 4 aliphatic heterocycles. The highest BCUT2D eigenvalue weighted by Crippen LogP contribution is 2.51. The van der Waals surface area contributed by atoms with Crippen molar-refractivity contribution < 1.29 is 45.3 Å². The van der Waals surface area contributed by atoms with Gasteiger partial charge < -0.3 is 55.2 Å². The average molecular weight is 1190 g/mol. The smallest absolute Gasteiger partial charge is 0.410 e. The van der Waals surface area contributed by atoms with Crippen LogP contribution in [0.3, 0.4) is 0 Å². The van der Waals surface area contributed by atoms with Crippen LogP contribution in [0.5, 0.6) is 23.0 Å². The molecule has 0 atom stereocenters. The van der Waals surface area contributed by atoms with Crippen LogP contribution in [0.15, 0.2) is 82.8 Å². The van der Waals surface area contributed by atoms with E-state index in [-0.39, 0.29) is 69.0 Å². The van der Waals surface area contributed by atoms with E-state index in [0.29, 0.717) is 59.0 Å². The van der Waals surface area contributed by atoms with E-state index < -0.39 is 35.8 Å². The lowest BCUT2D eigenvalue weighted by atomic mass is 9.85. The summed E-state index contributed by atoms with van der Waals surface area (Å²) in [6.07, 6.45) is 6.25. The number of fused-ring (bicyclic) bond motifs is 2. The highest BCUT2D eigenvalue weighted by atomic mass is 35.5. The average Bonchev–Trinajstić information content (AvgIpc) is 4.22. The number of para-hydroxylation sites is 2. The van der Waals surface area contributed by atoms with Crippen LogP contribution >= 0.6 is 23.2 Å². The first kappa shape index (κ1) is 58.8. The van der Waals surface area contributed by atoms with Crippen LogP contribution in [0.25, 0.3) is 0 Å². The van der Waals surface area contributed by atoms with Crippen molar-refractivity contribution >= 4 is 95.3 Å². The number of hydrogen-bond donors (Lipinski definition) is 5. The Morgan fingerprint density at radius 3 is 1.46 bits per heavy atom. The number of carbonyl (C=O) groups is 1. The first-order chi connectivity index (χ1) is 38.5. The maximum Gasteiger partial charge on any atom is 0.410 e. The third kappa shape index (κ3) is 13.1. The number of anilines is 8. The normalized spacial score (nSPS) is 15.5. The van der Waals surface area contributed by atoms with E-state index in [1.165, 1.54) is 18.0 Å². The Labute approximate surface area is 483 Å². The van der Waals surface area contributed by atoms with Gasteiger partial charge in [-0.2, -0.15) is 9.97 Å². The number of nitrogens with one attached hydrogen (secondary N) is 5. The monoisotopic (exact) mass is 1190 g/mol. The van der Waals surface area contributed by atoms with Crippen molar-refractivity contribution in [1.29, 1.82) is 0 Å². The molecule has 81 heavy (non-hydrogen) atoms. The summed E-state index contributed by atoms with van der Waals surface area (Å²) in [7, 11) is -7.08. The third-order valence-corrected chi connectivity index (χ3v) is 19.2. The van der Waals surface area contributed by atoms with E-state index in [0.717, 1.165) is 61.2 Å². The Balaban J connectivity index is 0.000000198. The van der Waals surface area contributed by atoms with Gasteiger partial charge in [0.25, 0.3) is 0 Å². The summed E-state index contributed by atoms with van der Waals surface area (Å²) in [4.78, 5) is 32.4. The van der Waals surface area contributed by atoms with Crippen molar-refractivity contribution in [3.63, 3.8) is 0 Å². The maximum absolute atomic E-state index is 12.9. The van der Waals surface area contributed by atoms with Crippen LogP contribution in [-0.4, -0.2) is 104 Å². The van der Waals surface area contributed by atoms with Crippen molar-refractivity contribution in [2.45, 2.75) is 126 Å². The number of piperidine rings is 2. The molecule has 0 aliphatic carbocycles. The van der Waals surface area contributed by atoms with Crippen LogP contribution in [-0.2, 0) is 24.4 Å². The molecule has 0 saturated carbocycles. The molecule has 0 spiro atoms. The Morgan fingerprint density at radius 2 is 1.04 bits per heavy atom. The number of sulfone groups is 2. The molecule has 0 bridgehead atoms. The fraction of sp³-hybridized carbons (Fsp3) is 0.421. The maximum atomic E-state index is 12.9. The summed E-state index contributed by atoms with van der Waals surface area (Å²) < 4.78 is 80.8. The second-order valence-corrected chi connectivity index (χ2v) is 27.4. The Kier molecular flexibility index (Phi) is 17.6. The molecule has 1 amide bonds. The summed E-state index contributed by atoms with van der Waals surface area (Å²) in [5, 5.41) is 15.3. The van der Waals surface area contributed by atoms with Crippen LogP contribution < -0.4 is 45.5 Å². The molecule has 432 valence electrons. The summed E-state index contributed by atoms with van der Waals surface area (Å²) in [6, 6.07) is 17.3. The molecule has 6 heterocycles. The number of halogens is 2. The zero-order valence-corrected chi connectivity index (χ0v) is 49.8. The van der Waals surface area contributed by atoms with Gasteiger partial charge in [-0.05, 0) is 160 Å². The number of hydrogen-bond acceptors (Lipinski definition) is 19. The Hall–Kier alpha value is -6.85. The highest BCUT2D eigenvalue weighted by Gasteiger charge is 2.35. The molecule has 5 N–H and O–H groups in total. The van der Waals surface area contributed by atoms with Crippen molar-refractivity contribution in [1.82, 2.24) is 30.2 Å². The number of aromatic nitrogens is 4. The van der Waals surface area contributed by atoms with Crippen molar-refractivity contribution in [2.24, 2.45) is 0 Å². The summed E-state index contributed by atoms with van der Waals surface area (Å²) in [5.41, 5.74) is 5.91. The van der Waals surface area contributed by atoms with Crippen LogP contribution in [0.2, 0.25) is 10.0 Å². The molecule has 10 rings (SSSR count). The molecule has 4 aliphatic rings. The fourth-order valence-corrected chi connectivity index (χ4v) is 12.8. The zero-order valence-electron chi connectivity index (χ0n) is 46.7. The molecule has 0 unspecified atom stereocenters. The van der Waals surface area contributed by atoms with Gasteiger partial charge in [0.15, 0.2) is 54.3 Å².